The van der Waals surface area contributed by atoms with Crippen LogP contribution in [0, 0.1) is 0 Å². The summed E-state index contributed by atoms with van der Waals surface area (Å²) in [5.74, 6) is 1.34. The van der Waals surface area contributed by atoms with E-state index in [1.54, 1.807) is 7.11 Å². The molecule has 1 aromatic rings. The van der Waals surface area contributed by atoms with Crippen LogP contribution in [0.2, 0.25) is 0 Å². The maximum absolute atomic E-state index is 5.08. The number of hydrogen-bond acceptors (Lipinski definition) is 1. The molecule has 0 fully saturated rings. The maximum Gasteiger partial charge on any atom is 0.118 e. The highest BCUT2D eigenvalue weighted by Crippen LogP contribution is 2.20. The number of allylic oxidation sites excluding steroid dienone is 1. The molecule has 0 aliphatic rings. The van der Waals surface area contributed by atoms with Crippen LogP contribution in [-0.2, 0) is 0 Å². The van der Waals surface area contributed by atoms with Crippen molar-refractivity contribution >= 4 is 15.9 Å². The van der Waals surface area contributed by atoms with Gasteiger partial charge in [-0.2, -0.15) is 0 Å². The molecule has 1 unspecified atom stereocenters. The summed E-state index contributed by atoms with van der Waals surface area (Å²) in [5.41, 5.74) is 1.29. The molecule has 1 rings (SSSR count). The molecule has 0 spiro atoms. The van der Waals surface area contributed by atoms with Crippen LogP contribution < -0.4 is 4.74 Å². The van der Waals surface area contributed by atoms with Gasteiger partial charge in [-0.05, 0) is 28.6 Å². The zero-order valence-corrected chi connectivity index (χ0v) is 9.41. The highest BCUT2D eigenvalue weighted by atomic mass is 79.9. The maximum atomic E-state index is 5.08. The Labute approximate surface area is 87.5 Å². The molecule has 0 bridgehead atoms. The van der Waals surface area contributed by atoms with Crippen molar-refractivity contribution in [3.05, 3.63) is 40.9 Å². The summed E-state index contributed by atoms with van der Waals surface area (Å²) in [5, 5.41) is 0. The molecule has 0 amide bonds. The number of hydrogen-bond donors (Lipinski definition) is 0. The van der Waals surface area contributed by atoms with Crippen LogP contribution in [0.5, 0.6) is 5.75 Å². The first-order chi connectivity index (χ1) is 6.27. The largest absolute Gasteiger partial charge is 0.497 e. The third kappa shape index (κ3) is 2.88. The van der Waals surface area contributed by atoms with Gasteiger partial charge in [0.15, 0.2) is 0 Å². The number of ether oxygens (including phenoxy) is 1. The van der Waals surface area contributed by atoms with Gasteiger partial charge in [0.05, 0.1) is 7.11 Å². The van der Waals surface area contributed by atoms with E-state index in [1.807, 2.05) is 17.1 Å². The van der Waals surface area contributed by atoms with Crippen LogP contribution >= 0.6 is 15.9 Å². The quantitative estimate of drug-likeness (QED) is 0.783. The normalized spacial score (nSPS) is 13.2. The van der Waals surface area contributed by atoms with E-state index in [0.717, 1.165) is 5.75 Å². The van der Waals surface area contributed by atoms with Crippen LogP contribution in [0.25, 0.3) is 0 Å². The Kier molecular flexibility index (Phi) is 4.03. The van der Waals surface area contributed by atoms with Crippen molar-refractivity contribution in [1.29, 1.82) is 0 Å². The number of rotatable bonds is 3. The van der Waals surface area contributed by atoms with Crippen molar-refractivity contribution in [3.63, 3.8) is 0 Å². The summed E-state index contributed by atoms with van der Waals surface area (Å²) in [6, 6.07) is 8.12. The summed E-state index contributed by atoms with van der Waals surface area (Å²) in [7, 11) is 1.68. The standard InChI is InChI=1S/C11H13BrO/c1-9(7-8-12)10-3-5-11(13-2)6-4-10/h3-9H,1-2H3/b8-7+. The summed E-state index contributed by atoms with van der Waals surface area (Å²) >= 11 is 3.27. The van der Waals surface area contributed by atoms with Crippen LogP contribution in [0.4, 0.5) is 0 Å². The van der Waals surface area contributed by atoms with Crippen molar-refractivity contribution in [1.82, 2.24) is 0 Å². The molecule has 1 aromatic carbocycles. The number of halogens is 1. The fourth-order valence-corrected chi connectivity index (χ4v) is 1.59. The zero-order chi connectivity index (χ0) is 9.68. The first-order valence-electron chi connectivity index (χ1n) is 4.18. The molecule has 1 nitrogen and oxygen atoms in total. The fourth-order valence-electron chi connectivity index (χ4n) is 1.13. The van der Waals surface area contributed by atoms with Gasteiger partial charge in [0, 0.05) is 0 Å². The van der Waals surface area contributed by atoms with E-state index in [2.05, 4.69) is 41.1 Å². The van der Waals surface area contributed by atoms with Crippen LogP contribution in [-0.4, -0.2) is 7.11 Å². The van der Waals surface area contributed by atoms with Gasteiger partial charge in [-0.25, -0.2) is 0 Å². The molecule has 0 saturated heterocycles. The molecular formula is C11H13BrO. The first kappa shape index (κ1) is 10.3. The van der Waals surface area contributed by atoms with Crippen molar-refractivity contribution < 1.29 is 4.74 Å². The average Bonchev–Trinajstić information content (AvgIpc) is 2.18. The van der Waals surface area contributed by atoms with Crippen LogP contribution in [0.3, 0.4) is 0 Å². The van der Waals surface area contributed by atoms with E-state index >= 15 is 0 Å². The van der Waals surface area contributed by atoms with Gasteiger partial charge < -0.3 is 4.74 Å². The third-order valence-corrected chi connectivity index (χ3v) is 2.31. The Hall–Kier alpha value is -0.760. The molecule has 1 atom stereocenters. The summed E-state index contributed by atoms with van der Waals surface area (Å²) in [6.45, 7) is 2.15. The monoisotopic (exact) mass is 240 g/mol. The molecular weight excluding hydrogens is 228 g/mol. The van der Waals surface area contributed by atoms with E-state index in [0.29, 0.717) is 5.92 Å². The van der Waals surface area contributed by atoms with Crippen molar-refractivity contribution in [3.8, 4) is 5.75 Å². The molecule has 0 saturated carbocycles. The topological polar surface area (TPSA) is 9.23 Å². The lowest BCUT2D eigenvalue weighted by molar-refractivity contribution is 0.414. The molecule has 0 heterocycles. The molecule has 0 aromatic heterocycles. The Morgan fingerprint density at radius 3 is 2.38 bits per heavy atom. The lowest BCUT2D eigenvalue weighted by Gasteiger charge is -2.06. The molecule has 0 aliphatic heterocycles. The molecule has 0 radical (unpaired) electrons. The Balaban J connectivity index is 2.79. The SMILES string of the molecule is COc1ccc(C(C)/C=C/Br)cc1. The Morgan fingerprint density at radius 1 is 1.31 bits per heavy atom. The Morgan fingerprint density at radius 2 is 1.92 bits per heavy atom. The molecule has 0 N–H and O–H groups in total. The van der Waals surface area contributed by atoms with Gasteiger partial charge in [0.1, 0.15) is 5.75 Å². The smallest absolute Gasteiger partial charge is 0.118 e. The minimum Gasteiger partial charge on any atom is -0.497 e. The molecule has 2 heteroatoms. The molecule has 0 aliphatic carbocycles. The van der Waals surface area contributed by atoms with Gasteiger partial charge in [-0.1, -0.05) is 41.1 Å². The van der Waals surface area contributed by atoms with Crippen molar-refractivity contribution in [2.45, 2.75) is 12.8 Å². The minimum absolute atomic E-state index is 0.435. The van der Waals surface area contributed by atoms with Crippen molar-refractivity contribution in [2.24, 2.45) is 0 Å². The third-order valence-electron chi connectivity index (χ3n) is 2.00. The van der Waals surface area contributed by atoms with Gasteiger partial charge in [-0.3, -0.25) is 0 Å². The highest BCUT2D eigenvalue weighted by molar-refractivity contribution is 9.11. The lowest BCUT2D eigenvalue weighted by Crippen LogP contribution is -1.89. The summed E-state index contributed by atoms with van der Waals surface area (Å²) in [6.07, 6.45) is 2.10. The van der Waals surface area contributed by atoms with Crippen LogP contribution in [0.1, 0.15) is 18.4 Å². The lowest BCUT2D eigenvalue weighted by atomic mass is 10.0. The predicted molar refractivity (Wildman–Crippen MR) is 59.5 cm³/mol. The molecule has 13 heavy (non-hydrogen) atoms. The van der Waals surface area contributed by atoms with Gasteiger partial charge >= 0.3 is 0 Å². The average molecular weight is 241 g/mol. The second kappa shape index (κ2) is 5.07. The second-order valence-electron chi connectivity index (χ2n) is 2.88. The van der Waals surface area contributed by atoms with E-state index in [9.17, 15) is 0 Å². The summed E-state index contributed by atoms with van der Waals surface area (Å²) in [4.78, 5) is 1.89. The minimum atomic E-state index is 0.435. The van der Waals surface area contributed by atoms with Gasteiger partial charge in [0.2, 0.25) is 0 Å². The zero-order valence-electron chi connectivity index (χ0n) is 7.83. The van der Waals surface area contributed by atoms with E-state index in [4.69, 9.17) is 4.74 Å². The van der Waals surface area contributed by atoms with E-state index < -0.39 is 0 Å². The van der Waals surface area contributed by atoms with Gasteiger partial charge in [-0.15, -0.1) is 0 Å². The van der Waals surface area contributed by atoms with Gasteiger partial charge in [0.25, 0.3) is 0 Å². The second-order valence-corrected chi connectivity index (χ2v) is 3.41. The highest BCUT2D eigenvalue weighted by Gasteiger charge is 2.00. The van der Waals surface area contributed by atoms with Crippen LogP contribution in [0.15, 0.2) is 35.3 Å². The molecule has 70 valence electrons. The Bertz CT molecular complexity index is 277. The predicted octanol–water partition coefficient (Wildman–Crippen LogP) is 3.71. The van der Waals surface area contributed by atoms with Crippen molar-refractivity contribution in [2.75, 3.05) is 7.11 Å². The fraction of sp³-hybridized carbons (Fsp3) is 0.273. The van der Waals surface area contributed by atoms with E-state index in [1.165, 1.54) is 5.56 Å². The van der Waals surface area contributed by atoms with E-state index in [-0.39, 0.29) is 0 Å². The first-order valence-corrected chi connectivity index (χ1v) is 5.10. The summed E-state index contributed by atoms with van der Waals surface area (Å²) < 4.78 is 5.08. The number of methoxy groups -OCH3 is 1. The number of benzene rings is 1.